The van der Waals surface area contributed by atoms with E-state index in [0.717, 1.165) is 43.0 Å². The number of likely N-dealkylation sites (tertiary alicyclic amines) is 1. The largest absolute Gasteiger partial charge is 0.340 e. The summed E-state index contributed by atoms with van der Waals surface area (Å²) in [5.74, 6) is 2.23. The first kappa shape index (κ1) is 17.7. The van der Waals surface area contributed by atoms with Crippen LogP contribution in [0.25, 0.3) is 11.2 Å². The summed E-state index contributed by atoms with van der Waals surface area (Å²) in [6.07, 6.45) is 6.79. The van der Waals surface area contributed by atoms with Gasteiger partial charge in [0, 0.05) is 58.3 Å². The van der Waals surface area contributed by atoms with Crippen LogP contribution in [0.3, 0.4) is 0 Å². The highest BCUT2D eigenvalue weighted by Crippen LogP contribution is 2.34. The maximum Gasteiger partial charge on any atom is 0.245 e. The van der Waals surface area contributed by atoms with Crippen molar-refractivity contribution in [2.75, 3.05) is 36.4 Å². The SMILES string of the molecule is C=CC(=O)N1CC2CN(c3nc(Nc4cnn(C)c4)c4ncn(C)c4n3)CC2C1. The summed E-state index contributed by atoms with van der Waals surface area (Å²) in [6, 6.07) is 0. The summed E-state index contributed by atoms with van der Waals surface area (Å²) in [5, 5.41) is 7.52. The van der Waals surface area contributed by atoms with Crippen LogP contribution in [0.2, 0.25) is 0 Å². The highest BCUT2D eigenvalue weighted by Gasteiger charge is 2.42. The van der Waals surface area contributed by atoms with E-state index in [9.17, 15) is 4.79 Å². The quantitative estimate of drug-likeness (QED) is 0.659. The molecule has 29 heavy (non-hydrogen) atoms. The van der Waals surface area contributed by atoms with Gasteiger partial charge in [-0.3, -0.25) is 9.48 Å². The number of carbonyl (C=O) groups is 1. The molecule has 3 aromatic heterocycles. The number of carbonyl (C=O) groups excluding carboxylic acids is 1. The summed E-state index contributed by atoms with van der Waals surface area (Å²) in [7, 11) is 3.80. The lowest BCUT2D eigenvalue weighted by atomic mass is 10.0. The fourth-order valence-electron chi connectivity index (χ4n) is 4.31. The summed E-state index contributed by atoms with van der Waals surface area (Å²) >= 11 is 0. The number of hydrogen-bond acceptors (Lipinski definition) is 7. The average Bonchev–Trinajstić information content (AvgIpc) is 3.45. The second kappa shape index (κ2) is 6.57. The van der Waals surface area contributed by atoms with Crippen LogP contribution in [0.15, 0.2) is 31.4 Å². The molecule has 1 amide bonds. The number of aryl methyl sites for hydroxylation is 2. The Morgan fingerprint density at radius 1 is 1.21 bits per heavy atom. The van der Waals surface area contributed by atoms with Crippen LogP contribution < -0.4 is 10.2 Å². The first-order valence-corrected chi connectivity index (χ1v) is 9.63. The molecule has 10 heteroatoms. The van der Waals surface area contributed by atoms with Crippen LogP contribution >= 0.6 is 0 Å². The van der Waals surface area contributed by atoms with Crippen molar-refractivity contribution < 1.29 is 4.79 Å². The number of nitrogens with one attached hydrogen (secondary N) is 1. The van der Waals surface area contributed by atoms with Crippen LogP contribution in [0, 0.1) is 11.8 Å². The fraction of sp³-hybridized carbons (Fsp3) is 0.421. The Labute approximate surface area is 167 Å². The molecule has 2 aliphatic heterocycles. The van der Waals surface area contributed by atoms with Crippen molar-refractivity contribution in [1.82, 2.24) is 34.2 Å². The van der Waals surface area contributed by atoms with Gasteiger partial charge in [-0.2, -0.15) is 15.1 Å². The van der Waals surface area contributed by atoms with Crippen LogP contribution in [-0.4, -0.2) is 66.3 Å². The Kier molecular flexibility index (Phi) is 4.00. The number of imidazole rings is 1. The molecule has 2 fully saturated rings. The second-order valence-electron chi connectivity index (χ2n) is 7.80. The summed E-state index contributed by atoms with van der Waals surface area (Å²) in [5.41, 5.74) is 2.35. The number of fused-ring (bicyclic) bond motifs is 2. The van der Waals surface area contributed by atoms with E-state index < -0.39 is 0 Å². The molecule has 0 saturated carbocycles. The van der Waals surface area contributed by atoms with Crippen LogP contribution in [0.4, 0.5) is 17.5 Å². The number of amides is 1. The first-order valence-electron chi connectivity index (χ1n) is 9.63. The van der Waals surface area contributed by atoms with Crippen molar-refractivity contribution in [2.45, 2.75) is 0 Å². The van der Waals surface area contributed by atoms with Crippen LogP contribution in [-0.2, 0) is 18.9 Å². The van der Waals surface area contributed by atoms with Crippen molar-refractivity contribution in [3.8, 4) is 0 Å². The molecular formula is C19H23N9O. The summed E-state index contributed by atoms with van der Waals surface area (Å²) in [4.78, 5) is 30.1. The normalized spacial score (nSPS) is 21.0. The van der Waals surface area contributed by atoms with Crippen LogP contribution in [0.1, 0.15) is 0 Å². The average molecular weight is 393 g/mol. The number of anilines is 3. The Morgan fingerprint density at radius 2 is 1.97 bits per heavy atom. The molecule has 5 rings (SSSR count). The van der Waals surface area contributed by atoms with Gasteiger partial charge in [-0.05, 0) is 6.08 Å². The molecule has 2 unspecified atom stereocenters. The molecule has 0 aliphatic carbocycles. The Morgan fingerprint density at radius 3 is 2.62 bits per heavy atom. The fourth-order valence-corrected chi connectivity index (χ4v) is 4.31. The van der Waals surface area contributed by atoms with Crippen molar-refractivity contribution in [3.63, 3.8) is 0 Å². The zero-order valence-corrected chi connectivity index (χ0v) is 16.5. The Balaban J connectivity index is 1.43. The maximum atomic E-state index is 11.9. The van der Waals surface area contributed by atoms with Gasteiger partial charge in [-0.25, -0.2) is 4.98 Å². The third-order valence-electron chi connectivity index (χ3n) is 5.77. The highest BCUT2D eigenvalue weighted by atomic mass is 16.2. The summed E-state index contributed by atoms with van der Waals surface area (Å²) < 4.78 is 3.63. The van der Waals surface area contributed by atoms with E-state index in [0.29, 0.717) is 23.6 Å². The highest BCUT2D eigenvalue weighted by molar-refractivity contribution is 5.87. The molecule has 0 bridgehead atoms. The molecule has 2 aliphatic rings. The molecule has 150 valence electrons. The predicted molar refractivity (Wildman–Crippen MR) is 109 cm³/mol. The lowest BCUT2D eigenvalue weighted by Crippen LogP contribution is -2.32. The predicted octanol–water partition coefficient (Wildman–Crippen LogP) is 0.921. The van der Waals surface area contributed by atoms with Gasteiger partial charge in [0.1, 0.15) is 0 Å². The van der Waals surface area contributed by atoms with E-state index in [4.69, 9.17) is 9.97 Å². The monoisotopic (exact) mass is 393 g/mol. The van der Waals surface area contributed by atoms with Gasteiger partial charge in [0.2, 0.25) is 11.9 Å². The topological polar surface area (TPSA) is 97.0 Å². The number of nitrogens with zero attached hydrogens (tertiary/aromatic N) is 8. The smallest absolute Gasteiger partial charge is 0.245 e. The van der Waals surface area contributed by atoms with Crippen molar-refractivity contribution in [2.24, 2.45) is 25.9 Å². The first-order chi connectivity index (χ1) is 14.0. The van der Waals surface area contributed by atoms with Gasteiger partial charge in [0.15, 0.2) is 17.0 Å². The zero-order chi connectivity index (χ0) is 20.1. The molecule has 2 atom stereocenters. The molecule has 0 aromatic carbocycles. The maximum absolute atomic E-state index is 11.9. The van der Waals surface area contributed by atoms with Crippen molar-refractivity contribution in [3.05, 3.63) is 31.4 Å². The Hall–Kier alpha value is -3.43. The number of hydrogen-bond donors (Lipinski definition) is 1. The zero-order valence-electron chi connectivity index (χ0n) is 16.5. The Bertz CT molecular complexity index is 1090. The number of aromatic nitrogens is 6. The number of rotatable bonds is 4. The molecule has 1 N–H and O–H groups in total. The van der Waals surface area contributed by atoms with E-state index in [1.165, 1.54) is 6.08 Å². The van der Waals surface area contributed by atoms with Gasteiger partial charge < -0.3 is 19.7 Å². The molecular weight excluding hydrogens is 370 g/mol. The molecule has 3 aromatic rings. The van der Waals surface area contributed by atoms with Gasteiger partial charge in [0.25, 0.3) is 0 Å². The van der Waals surface area contributed by atoms with Crippen molar-refractivity contribution in [1.29, 1.82) is 0 Å². The van der Waals surface area contributed by atoms with E-state index in [1.54, 1.807) is 17.2 Å². The van der Waals surface area contributed by atoms with E-state index in [-0.39, 0.29) is 5.91 Å². The molecule has 0 spiro atoms. The molecule has 0 radical (unpaired) electrons. The lowest BCUT2D eigenvalue weighted by Gasteiger charge is -2.21. The third-order valence-corrected chi connectivity index (χ3v) is 5.77. The van der Waals surface area contributed by atoms with E-state index >= 15 is 0 Å². The van der Waals surface area contributed by atoms with E-state index in [2.05, 4.69) is 26.9 Å². The van der Waals surface area contributed by atoms with Gasteiger partial charge in [-0.1, -0.05) is 6.58 Å². The minimum absolute atomic E-state index is 0.0152. The second-order valence-corrected chi connectivity index (χ2v) is 7.80. The molecule has 2 saturated heterocycles. The van der Waals surface area contributed by atoms with Gasteiger partial charge >= 0.3 is 0 Å². The van der Waals surface area contributed by atoms with Gasteiger partial charge in [-0.15, -0.1) is 0 Å². The minimum atomic E-state index is 0.0152. The van der Waals surface area contributed by atoms with Gasteiger partial charge in [0.05, 0.1) is 18.2 Å². The standard InChI is InChI=1S/C19H23N9O/c1-4-15(29)27-6-12-8-28(9-13(12)7-27)19-23-17(22-14-5-21-26(3)10-14)16-18(24-19)25(2)11-20-16/h4-5,10-13H,1,6-9H2,2-3H3,(H,22,23,24). The molecule has 10 nitrogen and oxygen atoms in total. The summed E-state index contributed by atoms with van der Waals surface area (Å²) in [6.45, 7) is 6.80. The lowest BCUT2D eigenvalue weighted by molar-refractivity contribution is -0.125. The minimum Gasteiger partial charge on any atom is -0.340 e. The van der Waals surface area contributed by atoms with Crippen molar-refractivity contribution >= 4 is 34.5 Å². The van der Waals surface area contributed by atoms with Crippen LogP contribution in [0.5, 0.6) is 0 Å². The molecule has 5 heterocycles. The van der Waals surface area contributed by atoms with E-state index in [1.807, 2.05) is 29.8 Å². The third kappa shape index (κ3) is 3.00.